The van der Waals surface area contributed by atoms with Crippen LogP contribution in [0.5, 0.6) is 0 Å². The van der Waals surface area contributed by atoms with Gasteiger partial charge in [-0.05, 0) is 36.3 Å². The van der Waals surface area contributed by atoms with Crippen LogP contribution in [0.3, 0.4) is 0 Å². The Labute approximate surface area is 120 Å². The summed E-state index contributed by atoms with van der Waals surface area (Å²) in [5, 5.41) is 3.51. The highest BCUT2D eigenvalue weighted by molar-refractivity contribution is 14.1. The molecule has 0 aliphatic heterocycles. The van der Waals surface area contributed by atoms with Gasteiger partial charge < -0.3 is 5.32 Å². The van der Waals surface area contributed by atoms with Crippen LogP contribution in [0.25, 0.3) is 0 Å². The van der Waals surface area contributed by atoms with Crippen LogP contribution in [0.4, 0.5) is 0 Å². The zero-order valence-corrected chi connectivity index (χ0v) is 13.0. The molecule has 0 amide bonds. The molecule has 0 aromatic heterocycles. The van der Waals surface area contributed by atoms with Gasteiger partial charge in [-0.15, -0.1) is 0 Å². The summed E-state index contributed by atoms with van der Waals surface area (Å²) in [6.45, 7) is 4.29. The van der Waals surface area contributed by atoms with Crippen molar-refractivity contribution in [1.29, 1.82) is 0 Å². The molecular formula is C15H24IN. The lowest BCUT2D eigenvalue weighted by atomic mass is 10.1. The third-order valence-corrected chi connectivity index (χ3v) is 3.70. The Hall–Kier alpha value is -0.0900. The predicted molar refractivity (Wildman–Crippen MR) is 84.9 cm³/mol. The van der Waals surface area contributed by atoms with E-state index in [1.807, 2.05) is 0 Å². The van der Waals surface area contributed by atoms with Crippen molar-refractivity contribution in [2.45, 2.75) is 45.6 Å². The first-order chi connectivity index (χ1) is 8.33. The average molecular weight is 345 g/mol. The van der Waals surface area contributed by atoms with Gasteiger partial charge in [-0.2, -0.15) is 0 Å². The number of alkyl halides is 1. The number of rotatable bonds is 9. The molecule has 0 saturated heterocycles. The first-order valence-corrected chi connectivity index (χ1v) is 8.17. The Morgan fingerprint density at radius 2 is 1.59 bits per heavy atom. The summed E-state index contributed by atoms with van der Waals surface area (Å²) in [5.41, 5.74) is 2.73. The summed E-state index contributed by atoms with van der Waals surface area (Å²) >= 11 is 2.46. The molecule has 0 saturated carbocycles. The number of nitrogens with one attached hydrogen (secondary N) is 1. The number of hydrogen-bond donors (Lipinski definition) is 1. The highest BCUT2D eigenvalue weighted by atomic mass is 127. The molecule has 2 heteroatoms. The largest absolute Gasteiger partial charge is 0.313 e. The second kappa shape index (κ2) is 9.89. The van der Waals surface area contributed by atoms with Crippen LogP contribution in [-0.4, -0.2) is 11.0 Å². The van der Waals surface area contributed by atoms with Crippen LogP contribution in [0.15, 0.2) is 24.3 Å². The van der Waals surface area contributed by atoms with Crippen LogP contribution in [0.2, 0.25) is 0 Å². The molecule has 1 nitrogen and oxygen atoms in total. The van der Waals surface area contributed by atoms with Crippen LogP contribution in [-0.2, 0) is 6.54 Å². The molecule has 96 valence electrons. The van der Waals surface area contributed by atoms with Gasteiger partial charge in [0, 0.05) is 6.54 Å². The van der Waals surface area contributed by atoms with Gasteiger partial charge in [-0.25, -0.2) is 0 Å². The van der Waals surface area contributed by atoms with E-state index >= 15 is 0 Å². The van der Waals surface area contributed by atoms with E-state index in [-0.39, 0.29) is 0 Å². The smallest absolute Gasteiger partial charge is 0.0205 e. The molecule has 0 bridgehead atoms. The zero-order valence-electron chi connectivity index (χ0n) is 10.8. The van der Waals surface area contributed by atoms with Gasteiger partial charge in [0.1, 0.15) is 0 Å². The molecule has 0 radical (unpaired) electrons. The van der Waals surface area contributed by atoms with Crippen molar-refractivity contribution in [3.8, 4) is 0 Å². The van der Waals surface area contributed by atoms with Gasteiger partial charge in [-0.3, -0.25) is 0 Å². The summed E-state index contributed by atoms with van der Waals surface area (Å²) < 4.78 is 1.31. The molecule has 1 rings (SSSR count). The molecule has 1 N–H and O–H groups in total. The molecule has 0 aliphatic carbocycles. The summed E-state index contributed by atoms with van der Waals surface area (Å²) in [5.74, 6) is 0. The molecule has 0 fully saturated rings. The van der Waals surface area contributed by atoms with Crippen LogP contribution in [0.1, 0.15) is 43.2 Å². The number of benzene rings is 1. The first-order valence-electron chi connectivity index (χ1n) is 6.65. The molecule has 0 heterocycles. The Balaban J connectivity index is 1.95. The van der Waals surface area contributed by atoms with E-state index in [0.29, 0.717) is 0 Å². The van der Waals surface area contributed by atoms with Crippen molar-refractivity contribution in [3.05, 3.63) is 35.4 Å². The molecular weight excluding hydrogens is 321 g/mol. The normalized spacial score (nSPS) is 10.7. The Morgan fingerprint density at radius 1 is 0.941 bits per heavy atom. The van der Waals surface area contributed by atoms with Crippen molar-refractivity contribution >= 4 is 22.6 Å². The van der Waals surface area contributed by atoms with E-state index in [9.17, 15) is 0 Å². The maximum atomic E-state index is 3.51. The molecule has 17 heavy (non-hydrogen) atoms. The highest BCUT2D eigenvalue weighted by Crippen LogP contribution is 2.05. The number of aryl methyl sites for hydroxylation is 1. The third kappa shape index (κ3) is 7.77. The maximum absolute atomic E-state index is 3.51. The average Bonchev–Trinajstić information content (AvgIpc) is 2.35. The van der Waals surface area contributed by atoms with E-state index < -0.39 is 0 Å². The second-order valence-corrected chi connectivity index (χ2v) is 5.70. The van der Waals surface area contributed by atoms with Gasteiger partial charge in [0.15, 0.2) is 0 Å². The molecule has 1 aromatic rings. The lowest BCUT2D eigenvalue weighted by Crippen LogP contribution is -2.14. The fourth-order valence-corrected chi connectivity index (χ4v) is 2.35. The standard InChI is InChI=1S/C15H24IN/c1-14-7-9-15(10-8-14)13-17-12-6-4-2-3-5-11-16/h7-10,17H,2-6,11-13H2,1H3. The second-order valence-electron chi connectivity index (χ2n) is 4.62. The number of unbranched alkanes of at least 4 members (excludes halogenated alkanes) is 4. The third-order valence-electron chi connectivity index (χ3n) is 2.94. The Morgan fingerprint density at radius 3 is 2.29 bits per heavy atom. The minimum atomic E-state index is 1.01. The van der Waals surface area contributed by atoms with Gasteiger partial charge in [-0.1, -0.05) is 71.7 Å². The van der Waals surface area contributed by atoms with Gasteiger partial charge in [0.25, 0.3) is 0 Å². The maximum Gasteiger partial charge on any atom is 0.0205 e. The first kappa shape index (κ1) is 15.0. The molecule has 0 aliphatic rings. The molecule has 0 atom stereocenters. The van der Waals surface area contributed by atoms with Crippen molar-refractivity contribution in [1.82, 2.24) is 5.32 Å². The zero-order chi connectivity index (χ0) is 12.3. The van der Waals surface area contributed by atoms with E-state index in [1.165, 1.54) is 47.7 Å². The van der Waals surface area contributed by atoms with E-state index in [1.54, 1.807) is 0 Å². The minimum absolute atomic E-state index is 1.01. The monoisotopic (exact) mass is 345 g/mol. The van der Waals surface area contributed by atoms with Gasteiger partial charge in [0.2, 0.25) is 0 Å². The minimum Gasteiger partial charge on any atom is -0.313 e. The van der Waals surface area contributed by atoms with Crippen molar-refractivity contribution in [2.24, 2.45) is 0 Å². The Kier molecular flexibility index (Phi) is 8.71. The summed E-state index contributed by atoms with van der Waals surface area (Å²) in [6, 6.07) is 8.79. The van der Waals surface area contributed by atoms with Crippen molar-refractivity contribution < 1.29 is 0 Å². The van der Waals surface area contributed by atoms with E-state index in [2.05, 4.69) is 59.1 Å². The van der Waals surface area contributed by atoms with Gasteiger partial charge >= 0.3 is 0 Å². The predicted octanol–water partition coefficient (Wildman–Crippen LogP) is 4.47. The van der Waals surface area contributed by atoms with E-state index in [4.69, 9.17) is 0 Å². The summed E-state index contributed by atoms with van der Waals surface area (Å²) in [7, 11) is 0. The quantitative estimate of drug-likeness (QED) is 0.396. The Bertz CT molecular complexity index is 281. The van der Waals surface area contributed by atoms with Crippen molar-refractivity contribution in [3.63, 3.8) is 0 Å². The topological polar surface area (TPSA) is 12.0 Å². The number of hydrogen-bond acceptors (Lipinski definition) is 1. The molecule has 1 aromatic carbocycles. The van der Waals surface area contributed by atoms with Crippen LogP contribution < -0.4 is 5.32 Å². The van der Waals surface area contributed by atoms with Crippen LogP contribution in [0, 0.1) is 6.92 Å². The molecule has 0 unspecified atom stereocenters. The van der Waals surface area contributed by atoms with Crippen molar-refractivity contribution in [2.75, 3.05) is 11.0 Å². The summed E-state index contributed by atoms with van der Waals surface area (Å²) in [6.07, 6.45) is 6.87. The lowest BCUT2D eigenvalue weighted by molar-refractivity contribution is 0.585. The highest BCUT2D eigenvalue weighted by Gasteiger charge is 1.93. The summed E-state index contributed by atoms with van der Waals surface area (Å²) in [4.78, 5) is 0. The van der Waals surface area contributed by atoms with Gasteiger partial charge in [0.05, 0.1) is 0 Å². The lowest BCUT2D eigenvalue weighted by Gasteiger charge is -2.05. The molecule has 0 spiro atoms. The SMILES string of the molecule is Cc1ccc(CNCCCCCCCI)cc1. The van der Waals surface area contributed by atoms with E-state index in [0.717, 1.165) is 13.1 Å². The van der Waals surface area contributed by atoms with Crippen LogP contribution >= 0.6 is 22.6 Å². The number of halogens is 1. The fraction of sp³-hybridized carbons (Fsp3) is 0.600. The fourth-order valence-electron chi connectivity index (χ4n) is 1.81.